The molecule has 3 rings (SSSR count). The Kier molecular flexibility index (Phi) is 5.25. The highest BCUT2D eigenvalue weighted by Crippen LogP contribution is 2.16. The minimum absolute atomic E-state index is 0.0998. The number of nitrogens with one attached hydrogen (secondary N) is 1. The monoisotopic (exact) mass is 309 g/mol. The number of amides is 1. The second kappa shape index (κ2) is 7.77. The van der Waals surface area contributed by atoms with Crippen LogP contribution in [0.3, 0.4) is 0 Å². The summed E-state index contributed by atoms with van der Waals surface area (Å²) in [5.41, 5.74) is 2.76. The number of carbonyl (C=O) groups is 1. The molecule has 1 aliphatic heterocycles. The van der Waals surface area contributed by atoms with E-state index in [4.69, 9.17) is 0 Å². The molecule has 1 aromatic carbocycles. The van der Waals surface area contributed by atoms with E-state index in [1.54, 1.807) is 12.4 Å². The van der Waals surface area contributed by atoms with E-state index in [1.165, 1.54) is 18.4 Å². The predicted molar refractivity (Wildman–Crippen MR) is 92.4 cm³/mol. The lowest BCUT2D eigenvalue weighted by Crippen LogP contribution is -2.31. The average Bonchev–Trinajstić information content (AvgIpc) is 2.90. The standard InChI is InChI=1S/C19H23N3O/c23-19(22-10-6-1-2-7-11-22)17-12-18(15-20-14-17)21-13-16-8-4-3-5-9-16/h3-5,8-9,12,14-15,21H,1-2,6-7,10-11,13H2. The van der Waals surface area contributed by atoms with Gasteiger partial charge in [-0.3, -0.25) is 9.78 Å². The zero-order valence-electron chi connectivity index (χ0n) is 13.4. The second-order valence-corrected chi connectivity index (χ2v) is 6.01. The molecule has 120 valence electrons. The molecule has 0 radical (unpaired) electrons. The van der Waals surface area contributed by atoms with Crippen LogP contribution < -0.4 is 5.32 Å². The Balaban J connectivity index is 1.65. The van der Waals surface area contributed by atoms with Crippen molar-refractivity contribution in [2.24, 2.45) is 0 Å². The molecule has 0 bridgehead atoms. The topological polar surface area (TPSA) is 45.2 Å². The summed E-state index contributed by atoms with van der Waals surface area (Å²) in [6.07, 6.45) is 8.08. The van der Waals surface area contributed by atoms with Gasteiger partial charge in [0.25, 0.3) is 5.91 Å². The Morgan fingerprint density at radius 1 is 1.04 bits per heavy atom. The largest absolute Gasteiger partial charge is 0.380 e. The van der Waals surface area contributed by atoms with Crippen LogP contribution in [0.4, 0.5) is 5.69 Å². The first-order chi connectivity index (χ1) is 11.3. The van der Waals surface area contributed by atoms with Gasteiger partial charge in [-0.25, -0.2) is 0 Å². The lowest BCUT2D eigenvalue weighted by molar-refractivity contribution is 0.0761. The Morgan fingerprint density at radius 3 is 2.52 bits per heavy atom. The smallest absolute Gasteiger partial charge is 0.255 e. The number of anilines is 1. The Bertz CT molecular complexity index is 634. The van der Waals surface area contributed by atoms with Crippen molar-refractivity contribution < 1.29 is 4.79 Å². The summed E-state index contributed by atoms with van der Waals surface area (Å²) in [5.74, 6) is 0.0998. The van der Waals surface area contributed by atoms with Gasteiger partial charge in [-0.05, 0) is 24.5 Å². The third-order valence-electron chi connectivity index (χ3n) is 4.22. The van der Waals surface area contributed by atoms with Crippen molar-refractivity contribution in [3.63, 3.8) is 0 Å². The molecule has 0 spiro atoms. The van der Waals surface area contributed by atoms with Crippen LogP contribution in [0.1, 0.15) is 41.6 Å². The number of pyridine rings is 1. The number of carbonyl (C=O) groups excluding carboxylic acids is 1. The summed E-state index contributed by atoms with van der Waals surface area (Å²) in [7, 11) is 0. The minimum atomic E-state index is 0.0998. The zero-order chi connectivity index (χ0) is 15.9. The van der Waals surface area contributed by atoms with Gasteiger partial charge in [0.05, 0.1) is 11.3 Å². The van der Waals surface area contributed by atoms with E-state index < -0.39 is 0 Å². The molecule has 1 fully saturated rings. The molecule has 4 heteroatoms. The van der Waals surface area contributed by atoms with E-state index in [9.17, 15) is 4.79 Å². The third-order valence-corrected chi connectivity index (χ3v) is 4.22. The van der Waals surface area contributed by atoms with Crippen molar-refractivity contribution in [2.75, 3.05) is 18.4 Å². The number of rotatable bonds is 4. The van der Waals surface area contributed by atoms with Crippen molar-refractivity contribution in [1.29, 1.82) is 0 Å². The van der Waals surface area contributed by atoms with Crippen LogP contribution in [0, 0.1) is 0 Å². The molecule has 0 saturated carbocycles. The Labute approximate surface area is 137 Å². The maximum atomic E-state index is 12.6. The lowest BCUT2D eigenvalue weighted by Gasteiger charge is -2.20. The van der Waals surface area contributed by atoms with Crippen LogP contribution in [0.5, 0.6) is 0 Å². The predicted octanol–water partition coefficient (Wildman–Crippen LogP) is 3.71. The van der Waals surface area contributed by atoms with Gasteiger partial charge in [0.15, 0.2) is 0 Å². The SMILES string of the molecule is O=C(c1cncc(NCc2ccccc2)c1)N1CCCCCC1. The van der Waals surface area contributed by atoms with Crippen LogP contribution >= 0.6 is 0 Å². The quantitative estimate of drug-likeness (QED) is 0.936. The molecule has 1 N–H and O–H groups in total. The van der Waals surface area contributed by atoms with Crippen LogP contribution in [0.15, 0.2) is 48.8 Å². The number of aromatic nitrogens is 1. The Morgan fingerprint density at radius 2 is 1.78 bits per heavy atom. The summed E-state index contributed by atoms with van der Waals surface area (Å²) in [5, 5.41) is 3.34. The molecule has 2 aromatic rings. The highest BCUT2D eigenvalue weighted by atomic mass is 16.2. The maximum absolute atomic E-state index is 12.6. The van der Waals surface area contributed by atoms with Gasteiger partial charge >= 0.3 is 0 Å². The van der Waals surface area contributed by atoms with Crippen LogP contribution in [-0.2, 0) is 6.54 Å². The molecule has 0 unspecified atom stereocenters. The highest BCUT2D eigenvalue weighted by Gasteiger charge is 2.17. The van der Waals surface area contributed by atoms with Crippen molar-refractivity contribution in [2.45, 2.75) is 32.2 Å². The van der Waals surface area contributed by atoms with E-state index in [1.807, 2.05) is 29.2 Å². The summed E-state index contributed by atoms with van der Waals surface area (Å²) in [6.45, 7) is 2.45. The normalized spacial score (nSPS) is 15.0. The van der Waals surface area contributed by atoms with Gasteiger partial charge in [-0.2, -0.15) is 0 Å². The molecule has 1 saturated heterocycles. The fourth-order valence-electron chi connectivity index (χ4n) is 2.91. The molecule has 4 nitrogen and oxygen atoms in total. The molecule has 1 amide bonds. The highest BCUT2D eigenvalue weighted by molar-refractivity contribution is 5.94. The molecular formula is C19H23N3O. The van der Waals surface area contributed by atoms with Gasteiger partial charge in [0.2, 0.25) is 0 Å². The van der Waals surface area contributed by atoms with Gasteiger partial charge in [0.1, 0.15) is 0 Å². The molecule has 2 heterocycles. The lowest BCUT2D eigenvalue weighted by atomic mass is 10.2. The fourth-order valence-corrected chi connectivity index (χ4v) is 2.91. The van der Waals surface area contributed by atoms with E-state index in [-0.39, 0.29) is 5.91 Å². The van der Waals surface area contributed by atoms with E-state index in [2.05, 4.69) is 22.4 Å². The summed E-state index contributed by atoms with van der Waals surface area (Å²) in [4.78, 5) is 18.8. The van der Waals surface area contributed by atoms with Gasteiger partial charge in [-0.15, -0.1) is 0 Å². The molecule has 23 heavy (non-hydrogen) atoms. The third kappa shape index (κ3) is 4.31. The number of hydrogen-bond acceptors (Lipinski definition) is 3. The molecule has 1 aliphatic rings. The van der Waals surface area contributed by atoms with E-state index in [0.29, 0.717) is 5.56 Å². The molecule has 1 aromatic heterocycles. The van der Waals surface area contributed by atoms with Crippen molar-refractivity contribution in [1.82, 2.24) is 9.88 Å². The summed E-state index contributed by atoms with van der Waals surface area (Å²) >= 11 is 0. The first-order valence-electron chi connectivity index (χ1n) is 8.35. The van der Waals surface area contributed by atoms with Crippen LogP contribution in [0.2, 0.25) is 0 Å². The van der Waals surface area contributed by atoms with E-state index in [0.717, 1.165) is 38.2 Å². The second-order valence-electron chi connectivity index (χ2n) is 6.01. The maximum Gasteiger partial charge on any atom is 0.255 e. The van der Waals surface area contributed by atoms with Gasteiger partial charge in [0, 0.05) is 32.0 Å². The van der Waals surface area contributed by atoms with Crippen LogP contribution in [-0.4, -0.2) is 28.9 Å². The van der Waals surface area contributed by atoms with Crippen molar-refractivity contribution in [3.05, 3.63) is 59.9 Å². The average molecular weight is 309 g/mol. The van der Waals surface area contributed by atoms with Gasteiger partial charge in [-0.1, -0.05) is 43.2 Å². The molecule has 0 aliphatic carbocycles. The van der Waals surface area contributed by atoms with E-state index >= 15 is 0 Å². The number of hydrogen-bond donors (Lipinski definition) is 1. The first kappa shape index (κ1) is 15.5. The minimum Gasteiger partial charge on any atom is -0.380 e. The fraction of sp³-hybridized carbons (Fsp3) is 0.368. The Hall–Kier alpha value is -2.36. The first-order valence-corrected chi connectivity index (χ1v) is 8.35. The molecule has 0 atom stereocenters. The summed E-state index contributed by atoms with van der Waals surface area (Å²) in [6, 6.07) is 12.1. The number of nitrogens with zero attached hydrogens (tertiary/aromatic N) is 2. The van der Waals surface area contributed by atoms with Crippen LogP contribution in [0.25, 0.3) is 0 Å². The summed E-state index contributed by atoms with van der Waals surface area (Å²) < 4.78 is 0. The van der Waals surface area contributed by atoms with Crippen molar-refractivity contribution in [3.8, 4) is 0 Å². The number of benzene rings is 1. The zero-order valence-corrected chi connectivity index (χ0v) is 13.4. The number of likely N-dealkylation sites (tertiary alicyclic amines) is 1. The van der Waals surface area contributed by atoms with Crippen molar-refractivity contribution >= 4 is 11.6 Å². The molecular weight excluding hydrogens is 286 g/mol. The van der Waals surface area contributed by atoms with Gasteiger partial charge < -0.3 is 10.2 Å².